The molecule has 1 saturated heterocycles. The summed E-state index contributed by atoms with van der Waals surface area (Å²) >= 11 is 0. The number of hydrogen-bond acceptors (Lipinski definition) is 2. The topological polar surface area (TPSA) is 32.3 Å². The van der Waals surface area contributed by atoms with E-state index in [0.29, 0.717) is 11.9 Å². The first kappa shape index (κ1) is 7.69. The fourth-order valence-electron chi connectivity index (χ4n) is 3.41. The first-order valence-electron chi connectivity index (χ1n) is 5.85. The molecule has 1 spiro atoms. The molecule has 4 aliphatic rings. The fraction of sp³-hybridized carbons (Fsp3) is 0.909. The van der Waals surface area contributed by atoms with E-state index in [2.05, 4.69) is 10.2 Å². The Morgan fingerprint density at radius 3 is 2.50 bits per heavy atom. The second kappa shape index (κ2) is 2.16. The van der Waals surface area contributed by atoms with Gasteiger partial charge in [0.2, 0.25) is 5.91 Å². The second-order valence-electron chi connectivity index (χ2n) is 5.57. The molecular weight excluding hydrogens is 176 g/mol. The summed E-state index contributed by atoms with van der Waals surface area (Å²) in [5.74, 6) is 2.36. The van der Waals surface area contributed by atoms with Crippen molar-refractivity contribution in [3.05, 3.63) is 0 Å². The van der Waals surface area contributed by atoms with Crippen LogP contribution in [0.1, 0.15) is 32.1 Å². The van der Waals surface area contributed by atoms with E-state index in [9.17, 15) is 4.79 Å². The maximum atomic E-state index is 12.1. The van der Waals surface area contributed by atoms with Gasteiger partial charge in [-0.2, -0.15) is 0 Å². The lowest BCUT2D eigenvalue weighted by atomic mass is 10.1. The van der Waals surface area contributed by atoms with Crippen LogP contribution in [0.15, 0.2) is 0 Å². The molecule has 76 valence electrons. The van der Waals surface area contributed by atoms with E-state index in [4.69, 9.17) is 0 Å². The van der Waals surface area contributed by atoms with Crippen molar-refractivity contribution in [2.45, 2.75) is 43.7 Å². The third-order valence-corrected chi connectivity index (χ3v) is 4.67. The standard InChI is InChI=1S/C11H16N2O/c14-10-11(1-2-11)12-6-13(10)9-4-7-3-8(7)5-9/h7-9,12H,1-6H2. The van der Waals surface area contributed by atoms with Crippen molar-refractivity contribution in [2.75, 3.05) is 6.67 Å². The Morgan fingerprint density at radius 1 is 1.21 bits per heavy atom. The highest BCUT2D eigenvalue weighted by Crippen LogP contribution is 2.54. The van der Waals surface area contributed by atoms with Gasteiger partial charge in [0.05, 0.1) is 12.2 Å². The van der Waals surface area contributed by atoms with Gasteiger partial charge in [0.1, 0.15) is 0 Å². The van der Waals surface area contributed by atoms with Gasteiger partial charge in [-0.05, 0) is 43.9 Å². The van der Waals surface area contributed by atoms with Gasteiger partial charge in [-0.25, -0.2) is 0 Å². The van der Waals surface area contributed by atoms with Crippen LogP contribution in [0.25, 0.3) is 0 Å². The number of nitrogens with zero attached hydrogens (tertiary/aromatic N) is 1. The summed E-state index contributed by atoms with van der Waals surface area (Å²) < 4.78 is 0. The van der Waals surface area contributed by atoms with E-state index in [-0.39, 0.29) is 5.54 Å². The van der Waals surface area contributed by atoms with Gasteiger partial charge < -0.3 is 4.90 Å². The molecule has 1 amide bonds. The van der Waals surface area contributed by atoms with Crippen LogP contribution >= 0.6 is 0 Å². The highest BCUT2D eigenvalue weighted by molar-refractivity contribution is 5.91. The largest absolute Gasteiger partial charge is 0.325 e. The smallest absolute Gasteiger partial charge is 0.244 e. The van der Waals surface area contributed by atoms with Crippen LogP contribution in [0.3, 0.4) is 0 Å². The number of carbonyl (C=O) groups excluding carboxylic acids is 1. The molecule has 0 radical (unpaired) electrons. The monoisotopic (exact) mass is 192 g/mol. The quantitative estimate of drug-likeness (QED) is 0.663. The Hall–Kier alpha value is -0.570. The average molecular weight is 192 g/mol. The summed E-state index contributed by atoms with van der Waals surface area (Å²) in [5.41, 5.74) is -0.0766. The summed E-state index contributed by atoms with van der Waals surface area (Å²) in [6.45, 7) is 0.822. The van der Waals surface area contributed by atoms with Crippen LogP contribution in [-0.4, -0.2) is 29.1 Å². The number of rotatable bonds is 1. The van der Waals surface area contributed by atoms with E-state index in [1.165, 1.54) is 19.3 Å². The van der Waals surface area contributed by atoms with Gasteiger partial charge in [-0.15, -0.1) is 0 Å². The lowest BCUT2D eigenvalue weighted by Crippen LogP contribution is -2.38. The SMILES string of the molecule is O=C1N(C2CC3CC3C2)CNC12CC2. The third kappa shape index (κ3) is 0.842. The normalized spacial score (nSPS) is 47.3. The summed E-state index contributed by atoms with van der Waals surface area (Å²) in [6.07, 6.45) is 6.16. The van der Waals surface area contributed by atoms with E-state index >= 15 is 0 Å². The van der Waals surface area contributed by atoms with Crippen molar-refractivity contribution < 1.29 is 4.79 Å². The number of amides is 1. The Kier molecular flexibility index (Phi) is 1.19. The molecule has 3 saturated carbocycles. The highest BCUT2D eigenvalue weighted by atomic mass is 16.2. The molecule has 0 aromatic rings. The van der Waals surface area contributed by atoms with Gasteiger partial charge in [0, 0.05) is 6.04 Å². The minimum absolute atomic E-state index is 0.0766. The van der Waals surface area contributed by atoms with Crippen LogP contribution in [0.5, 0.6) is 0 Å². The van der Waals surface area contributed by atoms with Crippen LogP contribution in [0, 0.1) is 11.8 Å². The molecule has 1 aliphatic heterocycles. The predicted octanol–water partition coefficient (Wildman–Crippen LogP) is 0.707. The minimum atomic E-state index is -0.0766. The molecule has 2 unspecified atom stereocenters. The highest BCUT2D eigenvalue weighted by Gasteiger charge is 2.58. The molecule has 0 aromatic carbocycles. The number of fused-ring (bicyclic) bond motifs is 1. The summed E-state index contributed by atoms with van der Waals surface area (Å²) in [6, 6.07) is 0.582. The third-order valence-electron chi connectivity index (χ3n) is 4.67. The summed E-state index contributed by atoms with van der Waals surface area (Å²) in [4.78, 5) is 14.2. The maximum absolute atomic E-state index is 12.1. The van der Waals surface area contributed by atoms with Gasteiger partial charge in [-0.1, -0.05) is 0 Å². The first-order valence-corrected chi connectivity index (χ1v) is 5.85. The van der Waals surface area contributed by atoms with Crippen molar-refractivity contribution in [1.29, 1.82) is 0 Å². The number of hydrogen-bond donors (Lipinski definition) is 1. The number of nitrogens with one attached hydrogen (secondary N) is 1. The first-order chi connectivity index (χ1) is 6.78. The minimum Gasteiger partial charge on any atom is -0.325 e. The zero-order valence-electron chi connectivity index (χ0n) is 8.33. The molecular formula is C11H16N2O. The summed E-state index contributed by atoms with van der Waals surface area (Å²) in [7, 11) is 0. The fourth-order valence-corrected chi connectivity index (χ4v) is 3.41. The molecule has 3 heteroatoms. The zero-order chi connectivity index (χ0) is 9.34. The average Bonchev–Trinajstić information content (AvgIpc) is 3.04. The van der Waals surface area contributed by atoms with Gasteiger partial charge in [0.15, 0.2) is 0 Å². The molecule has 1 heterocycles. The molecule has 2 atom stereocenters. The lowest BCUT2D eigenvalue weighted by molar-refractivity contribution is -0.131. The van der Waals surface area contributed by atoms with Gasteiger partial charge in [-0.3, -0.25) is 10.1 Å². The van der Waals surface area contributed by atoms with Crippen molar-refractivity contribution >= 4 is 5.91 Å². The molecule has 4 fully saturated rings. The van der Waals surface area contributed by atoms with Crippen LogP contribution < -0.4 is 5.32 Å². The molecule has 4 rings (SSSR count). The molecule has 0 aromatic heterocycles. The van der Waals surface area contributed by atoms with E-state index in [0.717, 1.165) is 31.3 Å². The Labute approximate surface area is 83.8 Å². The molecule has 1 N–H and O–H groups in total. The van der Waals surface area contributed by atoms with Gasteiger partial charge >= 0.3 is 0 Å². The van der Waals surface area contributed by atoms with Crippen molar-refractivity contribution in [3.8, 4) is 0 Å². The maximum Gasteiger partial charge on any atom is 0.244 e. The second-order valence-corrected chi connectivity index (χ2v) is 5.57. The Balaban J connectivity index is 1.53. The van der Waals surface area contributed by atoms with Crippen LogP contribution in [0.2, 0.25) is 0 Å². The van der Waals surface area contributed by atoms with Crippen LogP contribution in [0.4, 0.5) is 0 Å². The molecule has 3 aliphatic carbocycles. The molecule has 3 nitrogen and oxygen atoms in total. The Bertz CT molecular complexity index is 300. The van der Waals surface area contributed by atoms with Crippen molar-refractivity contribution in [1.82, 2.24) is 10.2 Å². The van der Waals surface area contributed by atoms with Crippen molar-refractivity contribution in [3.63, 3.8) is 0 Å². The van der Waals surface area contributed by atoms with Crippen molar-refractivity contribution in [2.24, 2.45) is 11.8 Å². The zero-order valence-corrected chi connectivity index (χ0v) is 8.33. The van der Waals surface area contributed by atoms with E-state index < -0.39 is 0 Å². The van der Waals surface area contributed by atoms with E-state index in [1.54, 1.807) is 0 Å². The lowest BCUT2D eigenvalue weighted by Gasteiger charge is -2.24. The number of carbonyl (C=O) groups is 1. The summed E-state index contributed by atoms with van der Waals surface area (Å²) in [5, 5.41) is 3.39. The molecule has 14 heavy (non-hydrogen) atoms. The Morgan fingerprint density at radius 2 is 1.93 bits per heavy atom. The van der Waals surface area contributed by atoms with Gasteiger partial charge in [0.25, 0.3) is 0 Å². The van der Waals surface area contributed by atoms with E-state index in [1.807, 2.05) is 0 Å². The predicted molar refractivity (Wildman–Crippen MR) is 51.4 cm³/mol. The molecule has 0 bridgehead atoms. The van der Waals surface area contributed by atoms with Crippen LogP contribution in [-0.2, 0) is 4.79 Å².